The van der Waals surface area contributed by atoms with Crippen LogP contribution in [-0.4, -0.2) is 52.3 Å². The molecule has 1 aromatic heterocycles. The van der Waals surface area contributed by atoms with Crippen molar-refractivity contribution in [3.63, 3.8) is 0 Å². The summed E-state index contributed by atoms with van der Waals surface area (Å²) in [6.07, 6.45) is 4.88. The van der Waals surface area contributed by atoms with Gasteiger partial charge in [-0.1, -0.05) is 0 Å². The maximum Gasteiger partial charge on any atom is 0.125 e. The standard InChI is InChI=1S/C13H19N3O2/c1-9-14-5-10(6-15-9)13(17)3-11-7-18-8-12(4-13)16(11)2/h5-6,11-12,17H,3-4,7-8H2,1-2H3. The topological polar surface area (TPSA) is 58.5 Å². The third-order valence-corrected chi connectivity index (χ3v) is 4.24. The molecular weight excluding hydrogens is 230 g/mol. The molecule has 2 fully saturated rings. The van der Waals surface area contributed by atoms with Gasteiger partial charge in [0.15, 0.2) is 0 Å². The number of fused-ring (bicyclic) bond motifs is 2. The van der Waals surface area contributed by atoms with Crippen molar-refractivity contribution in [2.45, 2.75) is 37.5 Å². The maximum absolute atomic E-state index is 10.9. The summed E-state index contributed by atoms with van der Waals surface area (Å²) < 4.78 is 5.57. The Morgan fingerprint density at radius 2 is 1.83 bits per heavy atom. The molecule has 2 bridgehead atoms. The van der Waals surface area contributed by atoms with E-state index in [1.165, 1.54) is 0 Å². The molecule has 2 unspecified atom stereocenters. The fourth-order valence-electron chi connectivity index (χ4n) is 3.01. The van der Waals surface area contributed by atoms with E-state index in [1.54, 1.807) is 12.4 Å². The van der Waals surface area contributed by atoms with Crippen LogP contribution in [0.4, 0.5) is 0 Å². The van der Waals surface area contributed by atoms with E-state index in [-0.39, 0.29) is 12.1 Å². The summed E-state index contributed by atoms with van der Waals surface area (Å²) in [5.41, 5.74) is 0.0253. The predicted octanol–water partition coefficient (Wildman–Crippen LogP) is 0.466. The van der Waals surface area contributed by atoms with Crippen molar-refractivity contribution in [2.24, 2.45) is 0 Å². The van der Waals surface area contributed by atoms with Crippen LogP contribution in [0.3, 0.4) is 0 Å². The Balaban J connectivity index is 1.89. The zero-order chi connectivity index (χ0) is 12.8. The van der Waals surface area contributed by atoms with Gasteiger partial charge < -0.3 is 9.84 Å². The number of hydrogen-bond acceptors (Lipinski definition) is 5. The van der Waals surface area contributed by atoms with Gasteiger partial charge in [-0.3, -0.25) is 4.90 Å². The lowest BCUT2D eigenvalue weighted by molar-refractivity contribution is -0.138. The summed E-state index contributed by atoms with van der Waals surface area (Å²) >= 11 is 0. The van der Waals surface area contributed by atoms with Crippen LogP contribution in [0.25, 0.3) is 0 Å². The summed E-state index contributed by atoms with van der Waals surface area (Å²) in [5.74, 6) is 0.735. The highest BCUT2D eigenvalue weighted by Gasteiger charge is 2.45. The minimum atomic E-state index is -0.806. The van der Waals surface area contributed by atoms with E-state index in [4.69, 9.17) is 4.74 Å². The quantitative estimate of drug-likeness (QED) is 0.784. The number of rotatable bonds is 1. The van der Waals surface area contributed by atoms with Gasteiger partial charge in [-0.2, -0.15) is 0 Å². The van der Waals surface area contributed by atoms with Gasteiger partial charge in [0.1, 0.15) is 5.82 Å². The Kier molecular flexibility index (Phi) is 2.84. The normalized spacial score (nSPS) is 36.6. The molecule has 2 aliphatic rings. The fraction of sp³-hybridized carbons (Fsp3) is 0.692. The molecule has 1 aromatic rings. The molecule has 0 aromatic carbocycles. The van der Waals surface area contributed by atoms with Crippen LogP contribution in [0.5, 0.6) is 0 Å². The van der Waals surface area contributed by atoms with Crippen molar-refractivity contribution in [1.82, 2.24) is 14.9 Å². The van der Waals surface area contributed by atoms with Crippen LogP contribution in [-0.2, 0) is 10.3 Å². The van der Waals surface area contributed by atoms with Crippen LogP contribution in [0.1, 0.15) is 24.2 Å². The second-order valence-electron chi connectivity index (χ2n) is 5.47. The number of likely N-dealkylation sites (N-methyl/N-ethyl adjacent to an activating group) is 1. The summed E-state index contributed by atoms with van der Waals surface area (Å²) in [7, 11) is 2.11. The first-order chi connectivity index (χ1) is 8.58. The second kappa shape index (κ2) is 4.26. The third-order valence-electron chi connectivity index (χ3n) is 4.24. The molecule has 0 amide bonds. The second-order valence-corrected chi connectivity index (χ2v) is 5.47. The van der Waals surface area contributed by atoms with E-state index in [9.17, 15) is 5.11 Å². The number of ether oxygens (including phenoxy) is 1. The molecule has 0 spiro atoms. The SMILES string of the molecule is Cc1ncc(C2(O)CC3COCC(C2)N3C)cn1. The van der Waals surface area contributed by atoms with Crippen LogP contribution in [0, 0.1) is 6.92 Å². The Labute approximate surface area is 107 Å². The number of aromatic nitrogens is 2. The summed E-state index contributed by atoms with van der Waals surface area (Å²) in [6.45, 7) is 3.25. The number of nitrogens with zero attached hydrogens (tertiary/aromatic N) is 3. The van der Waals surface area contributed by atoms with Crippen LogP contribution < -0.4 is 0 Å². The lowest BCUT2D eigenvalue weighted by Gasteiger charge is -2.50. The largest absolute Gasteiger partial charge is 0.385 e. The molecule has 0 radical (unpaired) electrons. The van der Waals surface area contributed by atoms with E-state index < -0.39 is 5.60 Å². The van der Waals surface area contributed by atoms with Crippen LogP contribution in [0.2, 0.25) is 0 Å². The zero-order valence-corrected chi connectivity index (χ0v) is 10.8. The highest BCUT2D eigenvalue weighted by Crippen LogP contribution is 2.39. The molecule has 2 saturated heterocycles. The van der Waals surface area contributed by atoms with Gasteiger partial charge in [0.25, 0.3) is 0 Å². The molecule has 98 valence electrons. The molecule has 18 heavy (non-hydrogen) atoms. The highest BCUT2D eigenvalue weighted by molar-refractivity contribution is 5.19. The van der Waals surface area contributed by atoms with Crippen LogP contribution in [0.15, 0.2) is 12.4 Å². The summed E-state index contributed by atoms with van der Waals surface area (Å²) in [5, 5.41) is 10.9. The fourth-order valence-corrected chi connectivity index (χ4v) is 3.01. The molecule has 5 nitrogen and oxygen atoms in total. The van der Waals surface area contributed by atoms with Gasteiger partial charge in [-0.15, -0.1) is 0 Å². The van der Waals surface area contributed by atoms with Gasteiger partial charge in [0.2, 0.25) is 0 Å². The number of hydrogen-bond donors (Lipinski definition) is 1. The lowest BCUT2D eigenvalue weighted by atomic mass is 9.78. The molecule has 0 saturated carbocycles. The lowest BCUT2D eigenvalue weighted by Crippen LogP contribution is -2.59. The van der Waals surface area contributed by atoms with Gasteiger partial charge in [0.05, 0.1) is 18.8 Å². The first-order valence-corrected chi connectivity index (χ1v) is 6.40. The zero-order valence-electron chi connectivity index (χ0n) is 10.8. The number of aliphatic hydroxyl groups is 1. The number of morpholine rings is 1. The monoisotopic (exact) mass is 249 g/mol. The average Bonchev–Trinajstić information content (AvgIpc) is 2.32. The van der Waals surface area contributed by atoms with Crippen molar-refractivity contribution in [2.75, 3.05) is 20.3 Å². The maximum atomic E-state index is 10.9. The van der Waals surface area contributed by atoms with E-state index in [0.717, 1.165) is 11.4 Å². The average molecular weight is 249 g/mol. The smallest absolute Gasteiger partial charge is 0.125 e. The van der Waals surface area contributed by atoms with E-state index >= 15 is 0 Å². The Hall–Kier alpha value is -1.04. The van der Waals surface area contributed by atoms with Gasteiger partial charge in [-0.25, -0.2) is 9.97 Å². The molecule has 2 aliphatic heterocycles. The Morgan fingerprint density at radius 3 is 2.39 bits per heavy atom. The minimum absolute atomic E-state index is 0.281. The predicted molar refractivity (Wildman–Crippen MR) is 66.1 cm³/mol. The van der Waals surface area contributed by atoms with E-state index in [0.29, 0.717) is 26.1 Å². The van der Waals surface area contributed by atoms with Crippen molar-refractivity contribution in [3.05, 3.63) is 23.8 Å². The van der Waals surface area contributed by atoms with Gasteiger partial charge in [-0.05, 0) is 26.8 Å². The highest BCUT2D eigenvalue weighted by atomic mass is 16.5. The van der Waals surface area contributed by atoms with Crippen LogP contribution >= 0.6 is 0 Å². The summed E-state index contributed by atoms with van der Waals surface area (Å²) in [6, 6.07) is 0.563. The van der Waals surface area contributed by atoms with E-state index in [1.807, 2.05) is 6.92 Å². The van der Waals surface area contributed by atoms with Gasteiger partial charge >= 0.3 is 0 Å². The van der Waals surface area contributed by atoms with Crippen molar-refractivity contribution < 1.29 is 9.84 Å². The van der Waals surface area contributed by atoms with Crippen molar-refractivity contribution >= 4 is 0 Å². The molecule has 1 N–H and O–H groups in total. The van der Waals surface area contributed by atoms with Crippen molar-refractivity contribution in [3.8, 4) is 0 Å². The third kappa shape index (κ3) is 1.92. The molecule has 0 aliphatic carbocycles. The first kappa shape index (κ1) is 12.0. The first-order valence-electron chi connectivity index (χ1n) is 6.40. The Bertz CT molecular complexity index is 420. The van der Waals surface area contributed by atoms with Gasteiger partial charge in [0, 0.05) is 30.0 Å². The Morgan fingerprint density at radius 1 is 1.28 bits per heavy atom. The minimum Gasteiger partial charge on any atom is -0.385 e. The number of piperidine rings is 1. The van der Waals surface area contributed by atoms with E-state index in [2.05, 4.69) is 21.9 Å². The molecule has 3 rings (SSSR count). The molecular formula is C13H19N3O2. The van der Waals surface area contributed by atoms with Crippen molar-refractivity contribution in [1.29, 1.82) is 0 Å². The summed E-state index contributed by atoms with van der Waals surface area (Å²) in [4.78, 5) is 10.7. The molecule has 5 heteroatoms. The molecule has 2 atom stereocenters. The number of aryl methyl sites for hydroxylation is 1. The molecule has 3 heterocycles.